The second-order valence-electron chi connectivity index (χ2n) is 7.43. The Labute approximate surface area is 175 Å². The zero-order valence-electron chi connectivity index (χ0n) is 16.4. The van der Waals surface area contributed by atoms with Crippen molar-refractivity contribution in [1.82, 2.24) is 4.90 Å². The normalized spacial score (nSPS) is 19.5. The molecule has 0 saturated carbocycles. The van der Waals surface area contributed by atoms with Crippen molar-refractivity contribution in [2.75, 3.05) is 26.3 Å². The molecule has 0 spiro atoms. The summed E-state index contributed by atoms with van der Waals surface area (Å²) < 4.78 is 24.4. The van der Waals surface area contributed by atoms with E-state index in [2.05, 4.69) is 0 Å². The molecule has 0 aliphatic carbocycles. The van der Waals surface area contributed by atoms with Crippen LogP contribution in [0.1, 0.15) is 24.8 Å². The summed E-state index contributed by atoms with van der Waals surface area (Å²) in [6.07, 6.45) is 1.56. The molecule has 2 aromatic rings. The summed E-state index contributed by atoms with van der Waals surface area (Å²) in [6, 6.07) is 11.2. The lowest BCUT2D eigenvalue weighted by Crippen LogP contribution is -2.39. The summed E-state index contributed by atoms with van der Waals surface area (Å²) in [6.45, 7) is 2.81. The number of amides is 1. The molecule has 1 atom stereocenters. The van der Waals surface area contributed by atoms with Gasteiger partial charge < -0.3 is 19.5 Å². The highest BCUT2D eigenvalue weighted by atomic mass is 35.5. The minimum absolute atomic E-state index is 0.109. The Balaban J connectivity index is 1.52. The van der Waals surface area contributed by atoms with E-state index in [1.807, 2.05) is 19.1 Å². The average Bonchev–Trinajstić information content (AvgIpc) is 2.89. The molecule has 1 heterocycles. The molecule has 1 N–H and O–H groups in total. The van der Waals surface area contributed by atoms with E-state index >= 15 is 0 Å². The van der Waals surface area contributed by atoms with Crippen molar-refractivity contribution in [3.8, 4) is 11.5 Å². The molecule has 1 amide bonds. The number of benzene rings is 2. The van der Waals surface area contributed by atoms with Gasteiger partial charge in [0.05, 0.1) is 5.02 Å². The van der Waals surface area contributed by atoms with E-state index in [0.29, 0.717) is 48.9 Å². The van der Waals surface area contributed by atoms with Crippen LogP contribution in [0.3, 0.4) is 0 Å². The Morgan fingerprint density at radius 3 is 2.83 bits per heavy atom. The smallest absolute Gasteiger partial charge is 0.260 e. The first kappa shape index (κ1) is 21.4. The topological polar surface area (TPSA) is 59.0 Å². The number of rotatable bonds is 6. The Morgan fingerprint density at radius 2 is 2.03 bits per heavy atom. The fourth-order valence-corrected chi connectivity index (χ4v) is 3.47. The van der Waals surface area contributed by atoms with E-state index in [-0.39, 0.29) is 19.1 Å². The van der Waals surface area contributed by atoms with Crippen LogP contribution in [-0.4, -0.2) is 47.8 Å². The first-order chi connectivity index (χ1) is 13.8. The number of carbonyl (C=O) groups is 1. The van der Waals surface area contributed by atoms with Crippen LogP contribution in [0, 0.1) is 12.7 Å². The predicted octanol–water partition coefficient (Wildman–Crippen LogP) is 3.99. The van der Waals surface area contributed by atoms with Crippen molar-refractivity contribution < 1.29 is 23.8 Å². The molecular formula is C22H25ClFNO4. The molecular weight excluding hydrogens is 397 g/mol. The van der Waals surface area contributed by atoms with Crippen LogP contribution in [0.15, 0.2) is 42.5 Å². The lowest BCUT2D eigenvalue weighted by Gasteiger charge is -2.27. The van der Waals surface area contributed by atoms with E-state index in [1.54, 1.807) is 17.0 Å². The summed E-state index contributed by atoms with van der Waals surface area (Å²) in [5.41, 5.74) is -0.0155. The van der Waals surface area contributed by atoms with Crippen LogP contribution in [0.2, 0.25) is 5.02 Å². The average molecular weight is 422 g/mol. The molecule has 0 radical (unpaired) electrons. The highest BCUT2D eigenvalue weighted by Gasteiger charge is 2.32. The number of aryl methyl sites for hydroxylation is 1. The van der Waals surface area contributed by atoms with Crippen LogP contribution in [0.4, 0.5) is 4.39 Å². The first-order valence-corrected chi connectivity index (χ1v) is 10.00. The molecule has 3 rings (SSSR count). The molecule has 156 valence electrons. The summed E-state index contributed by atoms with van der Waals surface area (Å²) in [7, 11) is 0. The van der Waals surface area contributed by atoms with Crippen LogP contribution >= 0.6 is 11.6 Å². The maximum Gasteiger partial charge on any atom is 0.260 e. The Morgan fingerprint density at radius 1 is 1.21 bits per heavy atom. The van der Waals surface area contributed by atoms with Crippen molar-refractivity contribution in [2.24, 2.45) is 0 Å². The monoisotopic (exact) mass is 421 g/mol. The summed E-state index contributed by atoms with van der Waals surface area (Å²) in [5.74, 6) is 0.249. The zero-order chi connectivity index (χ0) is 20.9. The lowest BCUT2D eigenvalue weighted by molar-refractivity contribution is -0.133. The number of aliphatic hydroxyl groups is 1. The van der Waals surface area contributed by atoms with Crippen molar-refractivity contribution in [2.45, 2.75) is 31.8 Å². The van der Waals surface area contributed by atoms with Gasteiger partial charge in [-0.15, -0.1) is 0 Å². The van der Waals surface area contributed by atoms with Gasteiger partial charge in [0.1, 0.15) is 29.5 Å². The molecule has 2 aromatic carbocycles. The molecule has 1 aliphatic rings. The largest absolute Gasteiger partial charge is 0.489 e. The molecule has 0 aromatic heterocycles. The molecule has 5 nitrogen and oxygen atoms in total. The van der Waals surface area contributed by atoms with Gasteiger partial charge in [0.2, 0.25) is 0 Å². The van der Waals surface area contributed by atoms with E-state index in [4.69, 9.17) is 21.1 Å². The van der Waals surface area contributed by atoms with E-state index in [9.17, 15) is 14.3 Å². The van der Waals surface area contributed by atoms with Crippen molar-refractivity contribution in [1.29, 1.82) is 0 Å². The van der Waals surface area contributed by atoms with Crippen molar-refractivity contribution in [3.05, 3.63) is 58.9 Å². The number of likely N-dealkylation sites (tertiary alicyclic amines) is 1. The quantitative estimate of drug-likeness (QED) is 0.766. The third-order valence-electron chi connectivity index (χ3n) is 5.01. The number of nitrogens with zero attached hydrogens (tertiary/aromatic N) is 1. The minimum atomic E-state index is -1.04. The summed E-state index contributed by atoms with van der Waals surface area (Å²) >= 11 is 6.15. The molecule has 1 unspecified atom stereocenters. The highest BCUT2D eigenvalue weighted by molar-refractivity contribution is 6.32. The van der Waals surface area contributed by atoms with Crippen LogP contribution < -0.4 is 9.47 Å². The van der Waals surface area contributed by atoms with Gasteiger partial charge in [0, 0.05) is 19.2 Å². The third-order valence-corrected chi connectivity index (χ3v) is 5.32. The number of hydrogen-bond donors (Lipinski definition) is 1. The summed E-state index contributed by atoms with van der Waals surface area (Å²) in [5, 5.41) is 11.4. The lowest BCUT2D eigenvalue weighted by atomic mass is 9.96. The van der Waals surface area contributed by atoms with Gasteiger partial charge in [-0.2, -0.15) is 0 Å². The fraction of sp³-hybridized carbons (Fsp3) is 0.409. The molecule has 0 bridgehead atoms. The Kier molecular flexibility index (Phi) is 6.98. The van der Waals surface area contributed by atoms with Crippen LogP contribution in [0.25, 0.3) is 0 Å². The van der Waals surface area contributed by atoms with Gasteiger partial charge in [-0.05, 0) is 56.0 Å². The van der Waals surface area contributed by atoms with Gasteiger partial charge in [-0.1, -0.05) is 23.7 Å². The second-order valence-corrected chi connectivity index (χ2v) is 7.83. The van der Waals surface area contributed by atoms with Gasteiger partial charge in [0.25, 0.3) is 5.91 Å². The van der Waals surface area contributed by atoms with E-state index in [0.717, 1.165) is 5.56 Å². The number of hydrogen-bond acceptors (Lipinski definition) is 4. The molecule has 1 fully saturated rings. The first-order valence-electron chi connectivity index (χ1n) is 9.62. The molecule has 1 aliphatic heterocycles. The molecule has 1 saturated heterocycles. The van der Waals surface area contributed by atoms with E-state index < -0.39 is 11.4 Å². The third kappa shape index (κ3) is 6.08. The summed E-state index contributed by atoms with van der Waals surface area (Å²) in [4.78, 5) is 14.1. The minimum Gasteiger partial charge on any atom is -0.489 e. The predicted molar refractivity (Wildman–Crippen MR) is 109 cm³/mol. The standard InChI is InChI=1S/C22H25ClFNO4/c1-16-6-7-19(23)20(12-16)29-15-22(27)8-3-10-25(11-9-22)21(26)14-28-18-5-2-4-17(24)13-18/h2,4-7,12-13,27H,3,8-11,14-15H2,1H3. The SMILES string of the molecule is Cc1ccc(Cl)c(OCC2(O)CCCN(C(=O)COc3cccc(F)c3)CC2)c1. The number of halogens is 2. The van der Waals surface area contributed by atoms with Gasteiger partial charge in [0.15, 0.2) is 6.61 Å². The highest BCUT2D eigenvalue weighted by Crippen LogP contribution is 2.29. The fourth-order valence-electron chi connectivity index (χ4n) is 3.30. The Hall–Kier alpha value is -2.31. The number of ether oxygens (including phenoxy) is 2. The maximum atomic E-state index is 13.2. The van der Waals surface area contributed by atoms with Crippen LogP contribution in [0.5, 0.6) is 11.5 Å². The molecule has 7 heteroatoms. The maximum absolute atomic E-state index is 13.2. The zero-order valence-corrected chi connectivity index (χ0v) is 17.1. The van der Waals surface area contributed by atoms with Crippen molar-refractivity contribution >= 4 is 17.5 Å². The second kappa shape index (κ2) is 9.46. The van der Waals surface area contributed by atoms with E-state index in [1.165, 1.54) is 18.2 Å². The number of carbonyl (C=O) groups excluding carboxylic acids is 1. The Bertz CT molecular complexity index is 862. The van der Waals surface area contributed by atoms with Crippen molar-refractivity contribution in [3.63, 3.8) is 0 Å². The van der Waals surface area contributed by atoms with Crippen LogP contribution in [-0.2, 0) is 4.79 Å². The van der Waals surface area contributed by atoms with Gasteiger partial charge in [-0.3, -0.25) is 4.79 Å². The molecule has 29 heavy (non-hydrogen) atoms. The van der Waals surface area contributed by atoms with Gasteiger partial charge >= 0.3 is 0 Å². The van der Waals surface area contributed by atoms with Gasteiger partial charge in [-0.25, -0.2) is 4.39 Å².